The van der Waals surface area contributed by atoms with E-state index >= 15 is 0 Å². The van der Waals surface area contributed by atoms with Gasteiger partial charge in [-0.1, -0.05) is 24.3 Å². The highest BCUT2D eigenvalue weighted by atomic mass is 32.2. The van der Waals surface area contributed by atoms with Crippen molar-refractivity contribution in [3.8, 4) is 0 Å². The second kappa shape index (κ2) is 5.94. The Balaban J connectivity index is 1.76. The highest BCUT2D eigenvalue weighted by molar-refractivity contribution is 7.84. The van der Waals surface area contributed by atoms with E-state index in [2.05, 4.69) is 12.2 Å². The van der Waals surface area contributed by atoms with Gasteiger partial charge in [0.15, 0.2) is 0 Å². The summed E-state index contributed by atoms with van der Waals surface area (Å²) in [6.07, 6.45) is 3.73. The zero-order valence-electron chi connectivity index (χ0n) is 12.8. The van der Waals surface area contributed by atoms with Gasteiger partial charge in [0.1, 0.15) is 5.82 Å². The van der Waals surface area contributed by atoms with Crippen LogP contribution >= 0.6 is 0 Å². The van der Waals surface area contributed by atoms with Crippen LogP contribution in [0.4, 0.5) is 4.39 Å². The summed E-state index contributed by atoms with van der Waals surface area (Å²) < 4.78 is 24.9. The average molecular weight is 317 g/mol. The van der Waals surface area contributed by atoms with Gasteiger partial charge in [0.05, 0.1) is 0 Å². The minimum absolute atomic E-state index is 0.103. The molecule has 0 aromatic heterocycles. The second-order valence-electron chi connectivity index (χ2n) is 5.98. The molecule has 2 atom stereocenters. The highest BCUT2D eigenvalue weighted by Crippen LogP contribution is 2.47. The van der Waals surface area contributed by atoms with Crippen molar-refractivity contribution in [2.45, 2.75) is 36.2 Å². The molecule has 0 radical (unpaired) electrons. The van der Waals surface area contributed by atoms with Crippen LogP contribution in [0.1, 0.15) is 36.9 Å². The molecule has 4 heteroatoms. The fourth-order valence-electron chi connectivity index (χ4n) is 2.87. The first-order valence-corrected chi connectivity index (χ1v) is 9.03. The molecule has 1 aliphatic carbocycles. The lowest BCUT2D eigenvalue weighted by atomic mass is 10.0. The quantitative estimate of drug-likeness (QED) is 0.906. The Labute approximate surface area is 133 Å². The molecule has 0 aliphatic heterocycles. The van der Waals surface area contributed by atoms with Gasteiger partial charge in [-0.3, -0.25) is 4.21 Å². The van der Waals surface area contributed by atoms with Gasteiger partial charge in [0.2, 0.25) is 0 Å². The van der Waals surface area contributed by atoms with Crippen LogP contribution in [0.15, 0.2) is 53.4 Å². The zero-order valence-corrected chi connectivity index (χ0v) is 13.6. The molecule has 0 spiro atoms. The van der Waals surface area contributed by atoms with Crippen molar-refractivity contribution in [1.29, 1.82) is 0 Å². The molecule has 22 heavy (non-hydrogen) atoms. The van der Waals surface area contributed by atoms with E-state index in [4.69, 9.17) is 0 Å². The summed E-state index contributed by atoms with van der Waals surface area (Å²) in [6.45, 7) is 2.11. The number of benzene rings is 2. The minimum Gasteiger partial charge on any atom is -0.301 e. The molecule has 2 aromatic rings. The highest BCUT2D eigenvalue weighted by Gasteiger charge is 2.45. The van der Waals surface area contributed by atoms with E-state index in [1.54, 1.807) is 18.4 Å². The molecule has 0 unspecified atom stereocenters. The molecular weight excluding hydrogens is 297 g/mol. The molecule has 1 fully saturated rings. The lowest BCUT2D eigenvalue weighted by Gasteiger charge is -2.24. The fraction of sp³-hybridized carbons (Fsp3) is 0.333. The Hall–Kier alpha value is -1.52. The fourth-order valence-corrected chi connectivity index (χ4v) is 3.39. The summed E-state index contributed by atoms with van der Waals surface area (Å²) in [4.78, 5) is 0.835. The topological polar surface area (TPSA) is 29.1 Å². The maximum absolute atomic E-state index is 13.4. The predicted octanol–water partition coefficient (Wildman–Crippen LogP) is 3.90. The van der Waals surface area contributed by atoms with Gasteiger partial charge in [-0.2, -0.15) is 0 Å². The summed E-state index contributed by atoms with van der Waals surface area (Å²) in [6, 6.07) is 14.8. The van der Waals surface area contributed by atoms with E-state index in [1.165, 1.54) is 6.07 Å². The molecule has 2 aromatic carbocycles. The van der Waals surface area contributed by atoms with Gasteiger partial charge in [-0.05, 0) is 55.2 Å². The normalized spacial score (nSPS) is 18.7. The maximum Gasteiger partial charge on any atom is 0.123 e. The van der Waals surface area contributed by atoms with Crippen molar-refractivity contribution in [2.75, 3.05) is 6.26 Å². The largest absolute Gasteiger partial charge is 0.301 e. The lowest BCUT2D eigenvalue weighted by Crippen LogP contribution is -2.31. The van der Waals surface area contributed by atoms with Crippen molar-refractivity contribution < 1.29 is 8.60 Å². The third-order valence-electron chi connectivity index (χ3n) is 4.33. The summed E-state index contributed by atoms with van der Waals surface area (Å²) in [5.41, 5.74) is 2.07. The summed E-state index contributed by atoms with van der Waals surface area (Å²) in [5.74, 6) is -0.187. The van der Waals surface area contributed by atoms with Crippen LogP contribution in [0.2, 0.25) is 0 Å². The lowest BCUT2D eigenvalue weighted by molar-refractivity contribution is 0.448. The molecule has 1 saturated carbocycles. The van der Waals surface area contributed by atoms with E-state index in [-0.39, 0.29) is 17.4 Å². The van der Waals surface area contributed by atoms with Gasteiger partial charge < -0.3 is 5.32 Å². The van der Waals surface area contributed by atoms with Crippen LogP contribution in [0.25, 0.3) is 0 Å². The van der Waals surface area contributed by atoms with E-state index < -0.39 is 10.8 Å². The maximum atomic E-state index is 13.4. The van der Waals surface area contributed by atoms with Gasteiger partial charge >= 0.3 is 0 Å². The van der Waals surface area contributed by atoms with Gasteiger partial charge in [-0.15, -0.1) is 0 Å². The van der Waals surface area contributed by atoms with Crippen LogP contribution in [0.5, 0.6) is 0 Å². The molecular formula is C18H20FNOS. The Kier molecular flexibility index (Phi) is 4.15. The molecule has 0 saturated heterocycles. The summed E-state index contributed by atoms with van der Waals surface area (Å²) in [7, 11) is -0.952. The second-order valence-corrected chi connectivity index (χ2v) is 7.36. The van der Waals surface area contributed by atoms with E-state index in [1.807, 2.05) is 30.3 Å². The molecule has 3 rings (SSSR count). The first kappa shape index (κ1) is 15.4. The van der Waals surface area contributed by atoms with Crippen molar-refractivity contribution in [3.05, 3.63) is 65.5 Å². The first-order chi connectivity index (χ1) is 10.5. The van der Waals surface area contributed by atoms with Crippen LogP contribution in [0.3, 0.4) is 0 Å². The Bertz CT molecular complexity index is 694. The summed E-state index contributed by atoms with van der Waals surface area (Å²) >= 11 is 0. The molecule has 2 nitrogen and oxygen atoms in total. The van der Waals surface area contributed by atoms with Crippen LogP contribution in [-0.2, 0) is 16.3 Å². The standard InChI is InChI=1S/C18H20FNOS/c1-13(14-6-8-17(9-7-14)22(2)21)20-18(10-11-18)15-4-3-5-16(19)12-15/h3-9,12-13,20H,10-11H2,1-2H3/t13-,22-/m1/s1. The van der Waals surface area contributed by atoms with E-state index in [0.717, 1.165) is 28.9 Å². The van der Waals surface area contributed by atoms with Crippen molar-refractivity contribution in [3.63, 3.8) is 0 Å². The van der Waals surface area contributed by atoms with Crippen LogP contribution in [0, 0.1) is 5.82 Å². The van der Waals surface area contributed by atoms with Crippen molar-refractivity contribution in [2.24, 2.45) is 0 Å². The SMILES string of the molecule is C[C@@H](NC1(c2cccc(F)c2)CC1)c1ccc([S@@](C)=O)cc1. The zero-order chi connectivity index (χ0) is 15.7. The number of hydrogen-bond donors (Lipinski definition) is 1. The number of rotatable bonds is 5. The average Bonchev–Trinajstić information content (AvgIpc) is 3.28. The van der Waals surface area contributed by atoms with Crippen molar-refractivity contribution >= 4 is 10.8 Å². The third-order valence-corrected chi connectivity index (χ3v) is 5.27. The van der Waals surface area contributed by atoms with Gasteiger partial charge in [-0.25, -0.2) is 4.39 Å². The smallest absolute Gasteiger partial charge is 0.123 e. The molecule has 116 valence electrons. The Morgan fingerprint density at radius 2 is 1.86 bits per heavy atom. The minimum atomic E-state index is -0.952. The molecule has 1 N–H and O–H groups in total. The predicted molar refractivity (Wildman–Crippen MR) is 87.6 cm³/mol. The van der Waals surface area contributed by atoms with E-state index in [9.17, 15) is 8.60 Å². The number of nitrogens with one attached hydrogen (secondary N) is 1. The Morgan fingerprint density at radius 1 is 1.18 bits per heavy atom. The molecule has 0 heterocycles. The molecule has 0 bridgehead atoms. The van der Waals surface area contributed by atoms with Crippen molar-refractivity contribution in [1.82, 2.24) is 5.32 Å². The van der Waals surface area contributed by atoms with E-state index in [0.29, 0.717) is 0 Å². The number of hydrogen-bond acceptors (Lipinski definition) is 2. The Morgan fingerprint density at radius 3 is 2.41 bits per heavy atom. The molecule has 0 amide bonds. The summed E-state index contributed by atoms with van der Waals surface area (Å²) in [5, 5.41) is 3.63. The van der Waals surface area contributed by atoms with Crippen LogP contribution < -0.4 is 5.32 Å². The van der Waals surface area contributed by atoms with Gasteiger partial charge in [0.25, 0.3) is 0 Å². The first-order valence-electron chi connectivity index (χ1n) is 7.47. The third kappa shape index (κ3) is 3.13. The van der Waals surface area contributed by atoms with Gasteiger partial charge in [0, 0.05) is 33.5 Å². The molecule has 1 aliphatic rings. The number of halogens is 1. The monoisotopic (exact) mass is 317 g/mol. The van der Waals surface area contributed by atoms with Crippen LogP contribution in [-0.4, -0.2) is 10.5 Å².